The maximum atomic E-state index is 13.0. The molecule has 0 bridgehead atoms. The average Bonchev–Trinajstić information content (AvgIpc) is 2.78. The lowest BCUT2D eigenvalue weighted by Gasteiger charge is -2.19. The second-order valence-corrected chi connectivity index (χ2v) is 10.7. The first-order valence-corrected chi connectivity index (χ1v) is 12.4. The van der Waals surface area contributed by atoms with E-state index < -0.39 is 25.8 Å². The third-order valence-corrected chi connectivity index (χ3v) is 7.33. The zero-order valence-electron chi connectivity index (χ0n) is 17.1. The van der Waals surface area contributed by atoms with Gasteiger partial charge in [-0.3, -0.25) is 9.10 Å². The van der Waals surface area contributed by atoms with Gasteiger partial charge < -0.3 is 5.32 Å². The van der Waals surface area contributed by atoms with Crippen LogP contribution in [0.4, 0.5) is 11.4 Å². The van der Waals surface area contributed by atoms with Gasteiger partial charge in [-0.05, 0) is 60.7 Å². The molecule has 2 aromatic carbocycles. The van der Waals surface area contributed by atoms with Crippen LogP contribution < -0.4 is 9.62 Å². The normalized spacial score (nSPS) is 11.4. The van der Waals surface area contributed by atoms with Gasteiger partial charge in [-0.15, -0.1) is 0 Å². The zero-order chi connectivity index (χ0) is 23.5. The molecule has 0 saturated carbocycles. The van der Waals surface area contributed by atoms with Crippen molar-refractivity contribution in [2.75, 3.05) is 22.9 Å². The molecular formula is C21H18N4O5S2. The maximum absolute atomic E-state index is 13.0. The fourth-order valence-corrected chi connectivity index (χ4v) is 4.49. The number of amides is 1. The van der Waals surface area contributed by atoms with Crippen LogP contribution in [0.2, 0.25) is 0 Å². The number of nitriles is 1. The number of nitrogens with one attached hydrogen (secondary N) is 1. The number of aromatic nitrogens is 1. The Morgan fingerprint density at radius 3 is 2.19 bits per heavy atom. The van der Waals surface area contributed by atoms with Gasteiger partial charge in [0.05, 0.1) is 22.2 Å². The maximum Gasteiger partial charge on any atom is 0.281 e. The van der Waals surface area contributed by atoms with E-state index in [1.165, 1.54) is 43.6 Å². The number of hydrogen-bond donors (Lipinski definition) is 1. The Hall–Kier alpha value is -3.75. The van der Waals surface area contributed by atoms with Crippen molar-refractivity contribution in [1.29, 1.82) is 5.26 Å². The minimum absolute atomic E-state index is 0.0617. The summed E-state index contributed by atoms with van der Waals surface area (Å²) in [5.74, 6) is -0.547. The number of carbonyl (C=O) groups excluding carboxylic acids is 1. The molecule has 164 valence electrons. The SMILES string of the molecule is CN(c1ccc(S(C)(=O)=O)cc1)S(=O)(=O)c1cc(C(=O)Nc2ccc(C#N)cc2)ccn1. The number of hydrogen-bond acceptors (Lipinski definition) is 7. The van der Waals surface area contributed by atoms with Crippen molar-refractivity contribution in [2.45, 2.75) is 9.92 Å². The van der Waals surface area contributed by atoms with Crippen molar-refractivity contribution in [3.63, 3.8) is 0 Å². The predicted molar refractivity (Wildman–Crippen MR) is 118 cm³/mol. The number of sulfone groups is 1. The van der Waals surface area contributed by atoms with Crippen molar-refractivity contribution < 1.29 is 21.6 Å². The minimum Gasteiger partial charge on any atom is -0.322 e. The van der Waals surface area contributed by atoms with E-state index in [0.29, 0.717) is 11.3 Å². The Morgan fingerprint density at radius 2 is 1.62 bits per heavy atom. The summed E-state index contributed by atoms with van der Waals surface area (Å²) >= 11 is 0. The second-order valence-electron chi connectivity index (χ2n) is 6.76. The molecule has 0 aliphatic heterocycles. The Morgan fingerprint density at radius 1 is 1.00 bits per heavy atom. The molecule has 0 aliphatic rings. The van der Waals surface area contributed by atoms with Crippen LogP contribution in [0, 0.1) is 11.3 Å². The molecule has 0 radical (unpaired) electrons. The predicted octanol–water partition coefficient (Wildman–Crippen LogP) is 2.43. The van der Waals surface area contributed by atoms with Gasteiger partial charge in [-0.1, -0.05) is 0 Å². The lowest BCUT2D eigenvalue weighted by Crippen LogP contribution is -2.27. The molecule has 0 aliphatic carbocycles. The summed E-state index contributed by atoms with van der Waals surface area (Å²) in [6.07, 6.45) is 2.27. The number of rotatable bonds is 6. The molecule has 3 aromatic rings. The van der Waals surface area contributed by atoms with E-state index >= 15 is 0 Å². The number of nitrogens with zero attached hydrogens (tertiary/aromatic N) is 3. The van der Waals surface area contributed by atoms with Gasteiger partial charge in [0.25, 0.3) is 15.9 Å². The molecule has 0 unspecified atom stereocenters. The highest BCUT2D eigenvalue weighted by atomic mass is 32.2. The van der Waals surface area contributed by atoms with Gasteiger partial charge in [-0.2, -0.15) is 13.7 Å². The summed E-state index contributed by atoms with van der Waals surface area (Å²) in [4.78, 5) is 16.5. The molecule has 1 amide bonds. The van der Waals surface area contributed by atoms with Crippen molar-refractivity contribution >= 4 is 37.1 Å². The van der Waals surface area contributed by atoms with E-state index in [0.717, 1.165) is 16.6 Å². The zero-order valence-corrected chi connectivity index (χ0v) is 18.7. The molecule has 3 rings (SSSR count). The highest BCUT2D eigenvalue weighted by Crippen LogP contribution is 2.23. The first-order chi connectivity index (χ1) is 15.0. The standard InChI is InChI=1S/C21H18N4O5S2/c1-25(18-7-9-19(10-8-18)31(2,27)28)32(29,30)20-13-16(11-12-23-20)21(26)24-17-5-3-15(14-22)4-6-17/h3-13H,1-2H3,(H,24,26). The van der Waals surface area contributed by atoms with Crippen LogP contribution in [-0.2, 0) is 19.9 Å². The molecule has 11 heteroatoms. The quantitative estimate of drug-likeness (QED) is 0.584. The molecule has 0 spiro atoms. The highest BCUT2D eigenvalue weighted by molar-refractivity contribution is 7.92. The number of pyridine rings is 1. The number of carbonyl (C=O) groups is 1. The first-order valence-electron chi connectivity index (χ1n) is 9.09. The molecule has 1 N–H and O–H groups in total. The molecule has 32 heavy (non-hydrogen) atoms. The lowest BCUT2D eigenvalue weighted by atomic mass is 10.2. The average molecular weight is 471 g/mol. The Labute approximate surface area is 185 Å². The van der Waals surface area contributed by atoms with Gasteiger partial charge in [0.15, 0.2) is 14.9 Å². The molecular weight excluding hydrogens is 452 g/mol. The number of sulfonamides is 1. The summed E-state index contributed by atoms with van der Waals surface area (Å²) in [5, 5.41) is 11.1. The summed E-state index contributed by atoms with van der Waals surface area (Å²) in [6, 6.07) is 16.1. The van der Waals surface area contributed by atoms with Gasteiger partial charge in [0.2, 0.25) is 0 Å². The van der Waals surface area contributed by atoms with Crippen LogP contribution in [0.3, 0.4) is 0 Å². The van der Waals surface area contributed by atoms with Crippen molar-refractivity contribution in [1.82, 2.24) is 4.98 Å². The van der Waals surface area contributed by atoms with Crippen LogP contribution in [0.5, 0.6) is 0 Å². The second kappa shape index (κ2) is 8.78. The van der Waals surface area contributed by atoms with Crippen LogP contribution in [0.15, 0.2) is 76.8 Å². The van der Waals surface area contributed by atoms with Gasteiger partial charge in [0, 0.05) is 30.8 Å². The Kier molecular flexibility index (Phi) is 6.29. The van der Waals surface area contributed by atoms with Crippen LogP contribution in [0.1, 0.15) is 15.9 Å². The lowest BCUT2D eigenvalue weighted by molar-refractivity contribution is 0.102. The van der Waals surface area contributed by atoms with Crippen molar-refractivity contribution in [3.8, 4) is 6.07 Å². The summed E-state index contributed by atoms with van der Waals surface area (Å²) in [7, 11) is -6.24. The van der Waals surface area contributed by atoms with Crippen LogP contribution >= 0.6 is 0 Å². The van der Waals surface area contributed by atoms with E-state index in [-0.39, 0.29) is 21.2 Å². The molecule has 1 aromatic heterocycles. The number of benzene rings is 2. The topological polar surface area (TPSA) is 137 Å². The molecule has 0 atom stereocenters. The van der Waals surface area contributed by atoms with Crippen LogP contribution in [0.25, 0.3) is 0 Å². The fourth-order valence-electron chi connectivity index (χ4n) is 2.71. The van der Waals surface area contributed by atoms with E-state index in [4.69, 9.17) is 5.26 Å². The number of anilines is 2. The van der Waals surface area contributed by atoms with Crippen LogP contribution in [-0.4, -0.2) is 41.0 Å². The first kappa shape index (κ1) is 22.9. The van der Waals surface area contributed by atoms with Gasteiger partial charge >= 0.3 is 0 Å². The largest absolute Gasteiger partial charge is 0.322 e. The minimum atomic E-state index is -4.12. The van der Waals surface area contributed by atoms with Crippen molar-refractivity contribution in [3.05, 3.63) is 78.0 Å². The van der Waals surface area contributed by atoms with E-state index in [9.17, 15) is 21.6 Å². The molecule has 0 saturated heterocycles. The van der Waals surface area contributed by atoms with Gasteiger partial charge in [0.1, 0.15) is 0 Å². The fraction of sp³-hybridized carbons (Fsp3) is 0.0952. The Balaban J connectivity index is 1.85. The van der Waals surface area contributed by atoms with Crippen molar-refractivity contribution in [2.24, 2.45) is 0 Å². The molecule has 0 fully saturated rings. The van der Waals surface area contributed by atoms with E-state index in [2.05, 4.69) is 10.3 Å². The highest BCUT2D eigenvalue weighted by Gasteiger charge is 2.24. The van der Waals surface area contributed by atoms with E-state index in [1.54, 1.807) is 24.3 Å². The third-order valence-electron chi connectivity index (χ3n) is 4.52. The molecule has 1 heterocycles. The van der Waals surface area contributed by atoms with Gasteiger partial charge in [-0.25, -0.2) is 13.4 Å². The monoisotopic (exact) mass is 470 g/mol. The summed E-state index contributed by atoms with van der Waals surface area (Å²) < 4.78 is 50.2. The van der Waals surface area contributed by atoms with E-state index in [1.807, 2.05) is 6.07 Å². The Bertz CT molecular complexity index is 1410. The third kappa shape index (κ3) is 4.93. The summed E-state index contributed by atoms with van der Waals surface area (Å²) in [5.41, 5.74) is 1.18. The smallest absolute Gasteiger partial charge is 0.281 e. The summed E-state index contributed by atoms with van der Waals surface area (Å²) in [6.45, 7) is 0. The molecule has 9 nitrogen and oxygen atoms in total.